The number of imidazole rings is 1. The van der Waals surface area contributed by atoms with Crippen LogP contribution in [-0.2, 0) is 10.8 Å². The molecule has 0 aliphatic rings. The van der Waals surface area contributed by atoms with Crippen LogP contribution in [0.25, 0.3) is 11.0 Å². The van der Waals surface area contributed by atoms with E-state index in [-0.39, 0.29) is 0 Å². The van der Waals surface area contributed by atoms with Gasteiger partial charge in [0.15, 0.2) is 5.16 Å². The van der Waals surface area contributed by atoms with Crippen LogP contribution in [-0.4, -0.2) is 19.4 Å². The van der Waals surface area contributed by atoms with Crippen molar-refractivity contribution in [1.29, 1.82) is 5.26 Å². The van der Waals surface area contributed by atoms with Crippen molar-refractivity contribution < 1.29 is 4.21 Å². The number of rotatable bonds is 2. The van der Waals surface area contributed by atoms with Gasteiger partial charge in [-0.05, 0) is 25.1 Å². The van der Waals surface area contributed by atoms with Crippen LogP contribution >= 0.6 is 0 Å². The van der Waals surface area contributed by atoms with Crippen molar-refractivity contribution in [3.63, 3.8) is 0 Å². The molecule has 2 atom stereocenters. The number of nitrogen functional groups attached to an aromatic ring is 1. The number of aromatic nitrogens is 2. The van der Waals surface area contributed by atoms with Crippen molar-refractivity contribution in [3.05, 3.63) is 18.2 Å². The van der Waals surface area contributed by atoms with Gasteiger partial charge in [0, 0.05) is 5.69 Å². The zero-order valence-electron chi connectivity index (χ0n) is 8.60. The lowest BCUT2D eigenvalue weighted by atomic mass is 10.3. The molecular formula is C10H10N4OS. The Labute approximate surface area is 94.7 Å². The molecule has 16 heavy (non-hydrogen) atoms. The Morgan fingerprint density at radius 2 is 2.38 bits per heavy atom. The molecule has 0 aliphatic carbocycles. The van der Waals surface area contributed by atoms with Gasteiger partial charge in [0.2, 0.25) is 0 Å². The molecule has 82 valence electrons. The first-order chi connectivity index (χ1) is 7.61. The van der Waals surface area contributed by atoms with Gasteiger partial charge >= 0.3 is 0 Å². The smallest absolute Gasteiger partial charge is 0.198 e. The number of nitrogens with one attached hydrogen (secondary N) is 1. The summed E-state index contributed by atoms with van der Waals surface area (Å²) in [6.45, 7) is 1.59. The summed E-state index contributed by atoms with van der Waals surface area (Å²) in [7, 11) is -1.44. The van der Waals surface area contributed by atoms with Crippen LogP contribution in [0.2, 0.25) is 0 Å². The van der Waals surface area contributed by atoms with E-state index < -0.39 is 16.0 Å². The van der Waals surface area contributed by atoms with E-state index in [0.29, 0.717) is 16.4 Å². The Hall–Kier alpha value is -1.87. The standard InChI is InChI=1S/C10H10N4OS/c1-6(5-11)16(15)10-13-8-3-2-7(12)4-9(8)14-10/h2-4,6H,12H2,1H3,(H,13,14). The highest BCUT2D eigenvalue weighted by molar-refractivity contribution is 7.85. The quantitative estimate of drug-likeness (QED) is 0.762. The van der Waals surface area contributed by atoms with E-state index in [9.17, 15) is 4.21 Å². The lowest BCUT2D eigenvalue weighted by Gasteiger charge is -1.97. The monoisotopic (exact) mass is 234 g/mol. The predicted octanol–water partition coefficient (Wildman–Crippen LogP) is 1.16. The Bertz CT molecular complexity index is 598. The minimum atomic E-state index is -1.44. The number of aromatic amines is 1. The van der Waals surface area contributed by atoms with Crippen LogP contribution in [0.1, 0.15) is 6.92 Å². The third-order valence-electron chi connectivity index (χ3n) is 2.18. The molecule has 0 radical (unpaired) electrons. The molecule has 0 saturated heterocycles. The molecule has 0 fully saturated rings. The number of fused-ring (bicyclic) bond motifs is 1. The highest BCUT2D eigenvalue weighted by atomic mass is 32.2. The number of H-pyrrole nitrogens is 1. The van der Waals surface area contributed by atoms with Gasteiger partial charge in [-0.15, -0.1) is 0 Å². The zero-order chi connectivity index (χ0) is 11.7. The van der Waals surface area contributed by atoms with Gasteiger partial charge in [0.05, 0.1) is 17.1 Å². The number of nitrogens with two attached hydrogens (primary N) is 1. The summed E-state index contributed by atoms with van der Waals surface area (Å²) in [5.41, 5.74) is 7.66. The molecule has 1 aromatic carbocycles. The molecule has 1 heterocycles. The van der Waals surface area contributed by atoms with Crippen LogP contribution in [0.4, 0.5) is 5.69 Å². The largest absolute Gasteiger partial charge is 0.399 e. The van der Waals surface area contributed by atoms with E-state index in [1.54, 1.807) is 25.1 Å². The second-order valence-electron chi connectivity index (χ2n) is 3.39. The molecule has 1 aromatic heterocycles. The van der Waals surface area contributed by atoms with Crippen LogP contribution in [0.15, 0.2) is 23.4 Å². The lowest BCUT2D eigenvalue weighted by Crippen LogP contribution is -2.09. The summed E-state index contributed by atoms with van der Waals surface area (Å²) in [5, 5.41) is 8.41. The fourth-order valence-corrected chi connectivity index (χ4v) is 2.14. The Balaban J connectivity index is 2.48. The summed E-state index contributed by atoms with van der Waals surface area (Å²) in [5.74, 6) is 0. The molecule has 5 nitrogen and oxygen atoms in total. The van der Waals surface area contributed by atoms with Gasteiger partial charge in [-0.2, -0.15) is 5.26 Å². The normalized spacial score (nSPS) is 14.5. The van der Waals surface area contributed by atoms with Gasteiger partial charge in [0.1, 0.15) is 16.0 Å². The van der Waals surface area contributed by atoms with Crippen molar-refractivity contribution in [1.82, 2.24) is 9.97 Å². The summed E-state index contributed by atoms with van der Waals surface area (Å²) in [6, 6.07) is 7.13. The molecule has 6 heteroatoms. The number of anilines is 1. The maximum Gasteiger partial charge on any atom is 0.198 e. The molecule has 0 spiro atoms. The molecule has 3 N–H and O–H groups in total. The van der Waals surface area contributed by atoms with Crippen LogP contribution in [0.3, 0.4) is 0 Å². The molecule has 2 rings (SSSR count). The third kappa shape index (κ3) is 1.77. The highest BCUT2D eigenvalue weighted by Gasteiger charge is 2.16. The van der Waals surface area contributed by atoms with E-state index in [1.165, 1.54) is 0 Å². The summed E-state index contributed by atoms with van der Waals surface area (Å²) in [6.07, 6.45) is 0. The topological polar surface area (TPSA) is 95.6 Å². The van der Waals surface area contributed by atoms with Crippen LogP contribution in [0, 0.1) is 11.3 Å². The Morgan fingerprint density at radius 1 is 1.62 bits per heavy atom. The fourth-order valence-electron chi connectivity index (χ4n) is 1.31. The third-order valence-corrected chi connectivity index (χ3v) is 3.50. The SMILES string of the molecule is CC(C#N)S(=O)c1nc2ccc(N)cc2[nH]1. The van der Waals surface area contributed by atoms with Gasteiger partial charge in [-0.25, -0.2) is 9.19 Å². The molecule has 2 aromatic rings. The second-order valence-corrected chi connectivity index (χ2v) is 5.08. The van der Waals surface area contributed by atoms with E-state index in [2.05, 4.69) is 9.97 Å². The maximum atomic E-state index is 11.8. The van der Waals surface area contributed by atoms with E-state index >= 15 is 0 Å². The number of hydrogen-bond donors (Lipinski definition) is 2. The van der Waals surface area contributed by atoms with Crippen molar-refractivity contribution in [3.8, 4) is 6.07 Å². The zero-order valence-corrected chi connectivity index (χ0v) is 9.41. The van der Waals surface area contributed by atoms with Crippen LogP contribution < -0.4 is 5.73 Å². The first kappa shape index (κ1) is 10.6. The molecule has 0 amide bonds. The Morgan fingerprint density at radius 3 is 3.06 bits per heavy atom. The van der Waals surface area contributed by atoms with E-state index in [1.807, 2.05) is 6.07 Å². The number of nitriles is 1. The first-order valence-corrected chi connectivity index (χ1v) is 5.88. The minimum Gasteiger partial charge on any atom is -0.399 e. The Kier molecular flexibility index (Phi) is 2.62. The maximum absolute atomic E-state index is 11.8. The molecule has 0 saturated carbocycles. The predicted molar refractivity (Wildman–Crippen MR) is 62.0 cm³/mol. The molecule has 0 bridgehead atoms. The number of nitrogens with zero attached hydrogens (tertiary/aromatic N) is 2. The average Bonchev–Trinajstić information content (AvgIpc) is 2.69. The first-order valence-electron chi connectivity index (χ1n) is 4.67. The summed E-state index contributed by atoms with van der Waals surface area (Å²) < 4.78 is 11.8. The van der Waals surface area contributed by atoms with E-state index in [0.717, 1.165) is 5.52 Å². The van der Waals surface area contributed by atoms with Crippen molar-refractivity contribution in [2.24, 2.45) is 0 Å². The summed E-state index contributed by atoms with van der Waals surface area (Å²) >= 11 is 0. The van der Waals surface area contributed by atoms with Gasteiger partial charge in [-0.3, -0.25) is 0 Å². The molecular weight excluding hydrogens is 224 g/mol. The fraction of sp³-hybridized carbons (Fsp3) is 0.200. The minimum absolute atomic E-state index is 0.314. The average molecular weight is 234 g/mol. The van der Waals surface area contributed by atoms with Crippen molar-refractivity contribution >= 4 is 27.5 Å². The van der Waals surface area contributed by atoms with Crippen LogP contribution in [0.5, 0.6) is 0 Å². The highest BCUT2D eigenvalue weighted by Crippen LogP contribution is 2.17. The number of benzene rings is 1. The lowest BCUT2D eigenvalue weighted by molar-refractivity contribution is 0.675. The van der Waals surface area contributed by atoms with Gasteiger partial charge < -0.3 is 10.7 Å². The molecule has 0 aliphatic heterocycles. The van der Waals surface area contributed by atoms with Gasteiger partial charge in [-0.1, -0.05) is 0 Å². The van der Waals surface area contributed by atoms with Crippen molar-refractivity contribution in [2.75, 3.05) is 5.73 Å². The molecule has 2 unspecified atom stereocenters. The van der Waals surface area contributed by atoms with Crippen molar-refractivity contribution in [2.45, 2.75) is 17.3 Å². The number of hydrogen-bond acceptors (Lipinski definition) is 4. The van der Waals surface area contributed by atoms with Gasteiger partial charge in [0.25, 0.3) is 0 Å². The second kappa shape index (κ2) is 3.94. The van der Waals surface area contributed by atoms with E-state index in [4.69, 9.17) is 11.0 Å². The summed E-state index contributed by atoms with van der Waals surface area (Å²) in [4.78, 5) is 7.07.